The van der Waals surface area contributed by atoms with Gasteiger partial charge in [-0.25, -0.2) is 8.42 Å². The van der Waals surface area contributed by atoms with E-state index < -0.39 is 39.9 Å². The molecule has 0 fully saturated rings. The lowest BCUT2D eigenvalue weighted by atomic mass is 10.1. The van der Waals surface area contributed by atoms with Crippen LogP contribution in [0.5, 0.6) is 0 Å². The molecule has 0 heterocycles. The molecule has 11 heteroatoms. The predicted molar refractivity (Wildman–Crippen MR) is 75.9 cm³/mol. The number of anilines is 1. The van der Waals surface area contributed by atoms with Crippen LogP contribution in [0.2, 0.25) is 5.02 Å². The Morgan fingerprint density at radius 1 is 1.35 bits per heavy atom. The molecule has 1 aromatic rings. The van der Waals surface area contributed by atoms with Gasteiger partial charge in [-0.1, -0.05) is 11.6 Å². The summed E-state index contributed by atoms with van der Waals surface area (Å²) in [5.41, 5.74) is -3.94. The van der Waals surface area contributed by atoms with E-state index in [9.17, 15) is 31.5 Å². The fourth-order valence-electron chi connectivity index (χ4n) is 1.40. The van der Waals surface area contributed by atoms with Crippen molar-refractivity contribution in [3.63, 3.8) is 0 Å². The fourth-order valence-corrected chi connectivity index (χ4v) is 2.74. The second kappa shape index (κ2) is 6.63. The van der Waals surface area contributed by atoms with Crippen molar-refractivity contribution in [1.29, 1.82) is 0 Å². The monoisotopic (exact) mass is 375 g/mol. The van der Waals surface area contributed by atoms with Crippen molar-refractivity contribution >= 4 is 33.0 Å². The first kappa shape index (κ1) is 19.7. The number of aliphatic hydroxyl groups is 2. The Kier molecular flexibility index (Phi) is 5.68. The molecule has 0 aliphatic rings. The first-order valence-corrected chi connectivity index (χ1v) is 8.09. The number of hydrogen-bond donors (Lipinski definition) is 3. The first-order chi connectivity index (χ1) is 10.3. The largest absolute Gasteiger partial charge is 0.426 e. The number of nitrogens with one attached hydrogen (secondary N) is 1. The molecular weight excluding hydrogens is 363 g/mol. The number of benzene rings is 1. The van der Waals surface area contributed by atoms with Gasteiger partial charge in [0.15, 0.2) is 9.84 Å². The van der Waals surface area contributed by atoms with Crippen LogP contribution in [0, 0.1) is 0 Å². The van der Waals surface area contributed by atoms with Crippen LogP contribution < -0.4 is 5.32 Å². The highest BCUT2D eigenvalue weighted by molar-refractivity contribution is 7.91. The highest BCUT2D eigenvalue weighted by Gasteiger charge is 2.55. The van der Waals surface area contributed by atoms with Gasteiger partial charge in [0, 0.05) is 0 Å². The summed E-state index contributed by atoms with van der Waals surface area (Å²) in [6, 6.07) is 2.91. The molecular formula is C12H13ClF3NO5S. The summed E-state index contributed by atoms with van der Waals surface area (Å²) in [6.07, 6.45) is -5.20. The van der Waals surface area contributed by atoms with Crippen LogP contribution >= 0.6 is 11.6 Å². The Bertz CT molecular complexity index is 703. The zero-order chi connectivity index (χ0) is 18.1. The molecule has 0 radical (unpaired) electrons. The third-order valence-corrected chi connectivity index (χ3v) is 4.91. The molecule has 130 valence electrons. The number of aliphatic hydroxyl groups excluding tert-OH is 1. The van der Waals surface area contributed by atoms with E-state index in [1.807, 2.05) is 0 Å². The zero-order valence-electron chi connectivity index (χ0n) is 11.7. The smallest absolute Gasteiger partial charge is 0.395 e. The Morgan fingerprint density at radius 2 is 1.91 bits per heavy atom. The van der Waals surface area contributed by atoms with Crippen LogP contribution in [0.3, 0.4) is 0 Å². The van der Waals surface area contributed by atoms with Gasteiger partial charge in [0.1, 0.15) is 0 Å². The lowest BCUT2D eigenvalue weighted by Gasteiger charge is -2.25. The number of hydrogen-bond acceptors (Lipinski definition) is 5. The van der Waals surface area contributed by atoms with Gasteiger partial charge in [-0.15, -0.1) is 0 Å². The molecule has 1 amide bonds. The molecule has 0 saturated heterocycles. The minimum atomic E-state index is -5.20. The van der Waals surface area contributed by atoms with Gasteiger partial charge in [-0.2, -0.15) is 13.2 Å². The number of rotatable bonds is 5. The minimum Gasteiger partial charge on any atom is -0.395 e. The Balaban J connectivity index is 3.08. The zero-order valence-corrected chi connectivity index (χ0v) is 13.3. The third-order valence-electron chi connectivity index (χ3n) is 2.90. The standard InChI is InChI=1S/C12H13ClF3NO5S/c1-11(20,12(14,15)16)10(19)17-9-3-2-7(6-8(9)13)23(21,22)5-4-18/h2-3,6,18,20H,4-5H2,1H3,(H,17,19)/t11-/m1/s1. The highest BCUT2D eigenvalue weighted by Crippen LogP contribution is 2.32. The van der Waals surface area contributed by atoms with Gasteiger partial charge >= 0.3 is 6.18 Å². The van der Waals surface area contributed by atoms with E-state index in [0.717, 1.165) is 18.2 Å². The molecule has 1 atom stereocenters. The predicted octanol–water partition coefficient (Wildman–Crippen LogP) is 1.36. The summed E-state index contributed by atoms with van der Waals surface area (Å²) < 4.78 is 61.1. The SMILES string of the molecule is C[C@@](O)(C(=O)Nc1ccc(S(=O)(=O)CCO)cc1Cl)C(F)(F)F. The third kappa shape index (κ3) is 4.34. The molecule has 0 aliphatic carbocycles. The Hall–Kier alpha value is -1.36. The molecule has 3 N–H and O–H groups in total. The summed E-state index contributed by atoms with van der Waals surface area (Å²) in [5, 5.41) is 19.3. The molecule has 23 heavy (non-hydrogen) atoms. The summed E-state index contributed by atoms with van der Waals surface area (Å²) in [6.45, 7) is -0.344. The average Bonchev–Trinajstić information content (AvgIpc) is 2.39. The van der Waals surface area contributed by atoms with Crippen molar-refractivity contribution < 1.29 is 36.6 Å². The van der Waals surface area contributed by atoms with E-state index in [0.29, 0.717) is 0 Å². The van der Waals surface area contributed by atoms with Crippen molar-refractivity contribution in [1.82, 2.24) is 0 Å². The van der Waals surface area contributed by atoms with Crippen molar-refractivity contribution in [2.75, 3.05) is 17.7 Å². The van der Waals surface area contributed by atoms with Crippen LogP contribution in [-0.2, 0) is 14.6 Å². The van der Waals surface area contributed by atoms with Crippen molar-refractivity contribution in [2.45, 2.75) is 23.6 Å². The first-order valence-electron chi connectivity index (χ1n) is 6.06. The van der Waals surface area contributed by atoms with Crippen molar-refractivity contribution in [3.8, 4) is 0 Å². The van der Waals surface area contributed by atoms with Gasteiger partial charge in [-0.05, 0) is 25.1 Å². The molecule has 0 spiro atoms. The molecule has 1 rings (SSSR count). The second-order valence-electron chi connectivity index (χ2n) is 4.71. The molecule has 0 bridgehead atoms. The number of alkyl halides is 3. The second-order valence-corrected chi connectivity index (χ2v) is 7.22. The van der Waals surface area contributed by atoms with Crippen molar-refractivity contribution in [2.24, 2.45) is 0 Å². The van der Waals surface area contributed by atoms with E-state index in [1.165, 1.54) is 0 Å². The van der Waals surface area contributed by atoms with Gasteiger partial charge in [-0.3, -0.25) is 4.79 Å². The van der Waals surface area contributed by atoms with E-state index in [2.05, 4.69) is 0 Å². The maximum Gasteiger partial charge on any atom is 0.426 e. The highest BCUT2D eigenvalue weighted by atomic mass is 35.5. The Morgan fingerprint density at radius 3 is 2.35 bits per heavy atom. The summed E-state index contributed by atoms with van der Waals surface area (Å²) >= 11 is 5.74. The van der Waals surface area contributed by atoms with Gasteiger partial charge in [0.05, 0.1) is 28.0 Å². The lowest BCUT2D eigenvalue weighted by molar-refractivity contribution is -0.242. The maximum atomic E-state index is 12.5. The van der Waals surface area contributed by atoms with Gasteiger partial charge in [0.2, 0.25) is 5.60 Å². The normalized spacial score (nSPS) is 15.1. The number of carbonyl (C=O) groups is 1. The molecule has 0 unspecified atom stereocenters. The van der Waals surface area contributed by atoms with E-state index >= 15 is 0 Å². The molecule has 6 nitrogen and oxygen atoms in total. The van der Waals surface area contributed by atoms with Gasteiger partial charge < -0.3 is 15.5 Å². The number of sulfone groups is 1. The molecule has 1 aromatic carbocycles. The van der Waals surface area contributed by atoms with Crippen LogP contribution in [0.15, 0.2) is 23.1 Å². The average molecular weight is 376 g/mol. The summed E-state index contributed by atoms with van der Waals surface area (Å²) in [7, 11) is -3.81. The molecule has 0 saturated carbocycles. The number of carbonyl (C=O) groups excluding carboxylic acids is 1. The minimum absolute atomic E-state index is 0.267. The lowest BCUT2D eigenvalue weighted by Crippen LogP contribution is -2.52. The summed E-state index contributed by atoms with van der Waals surface area (Å²) in [5.74, 6) is -2.32. The summed E-state index contributed by atoms with van der Waals surface area (Å²) in [4.78, 5) is 11.3. The van der Waals surface area contributed by atoms with Crippen LogP contribution in [0.4, 0.5) is 18.9 Å². The van der Waals surface area contributed by atoms with E-state index in [-0.39, 0.29) is 22.5 Å². The molecule has 0 aliphatic heterocycles. The van der Waals surface area contributed by atoms with Crippen LogP contribution in [0.1, 0.15) is 6.92 Å². The van der Waals surface area contributed by atoms with Crippen LogP contribution in [0.25, 0.3) is 0 Å². The Labute approximate surface area is 134 Å². The van der Waals surface area contributed by atoms with E-state index in [1.54, 1.807) is 5.32 Å². The maximum absolute atomic E-state index is 12.5. The number of amides is 1. The van der Waals surface area contributed by atoms with E-state index in [4.69, 9.17) is 16.7 Å². The van der Waals surface area contributed by atoms with Gasteiger partial charge in [0.25, 0.3) is 5.91 Å². The number of halogens is 4. The molecule has 0 aromatic heterocycles. The topological polar surface area (TPSA) is 104 Å². The van der Waals surface area contributed by atoms with Crippen molar-refractivity contribution in [3.05, 3.63) is 23.2 Å². The quantitative estimate of drug-likeness (QED) is 0.721. The van der Waals surface area contributed by atoms with Crippen LogP contribution in [-0.4, -0.2) is 48.7 Å². The fraction of sp³-hybridized carbons (Fsp3) is 0.417.